The zero-order valence-corrected chi connectivity index (χ0v) is 9.55. The molecule has 82 valence electrons. The van der Waals surface area contributed by atoms with Crippen LogP contribution in [0.3, 0.4) is 0 Å². The zero-order valence-electron chi connectivity index (χ0n) is 8.74. The zero-order chi connectivity index (χ0) is 11.5. The monoisotopic (exact) mass is 235 g/mol. The number of hydrogen-bond acceptors (Lipinski definition) is 3. The molecule has 4 heteroatoms. The summed E-state index contributed by atoms with van der Waals surface area (Å²) in [6.07, 6.45) is 1.17. The van der Waals surface area contributed by atoms with Crippen molar-refractivity contribution < 1.29 is 9.18 Å². The fourth-order valence-electron chi connectivity index (χ4n) is 1.41. The molecule has 0 amide bonds. The number of thiazole rings is 1. The van der Waals surface area contributed by atoms with Gasteiger partial charge < -0.3 is 4.79 Å². The Balaban J connectivity index is 2.34. The largest absolute Gasteiger partial charge is 0.303 e. The van der Waals surface area contributed by atoms with Gasteiger partial charge in [-0.2, -0.15) is 0 Å². The molecule has 2 aromatic rings. The number of nitrogens with zero attached hydrogens (tertiary/aromatic N) is 1. The molecule has 0 aliphatic carbocycles. The predicted molar refractivity (Wildman–Crippen MR) is 62.0 cm³/mol. The Morgan fingerprint density at radius 1 is 1.50 bits per heavy atom. The minimum atomic E-state index is -0.216. The summed E-state index contributed by atoms with van der Waals surface area (Å²) in [4.78, 5) is 14.6. The first-order chi connectivity index (χ1) is 7.70. The van der Waals surface area contributed by atoms with Crippen LogP contribution in [0.25, 0.3) is 11.3 Å². The van der Waals surface area contributed by atoms with Crippen LogP contribution in [0.4, 0.5) is 4.39 Å². The summed E-state index contributed by atoms with van der Waals surface area (Å²) in [5, 5.41) is 2.66. The lowest BCUT2D eigenvalue weighted by Gasteiger charge is -1.99. The Hall–Kier alpha value is -1.55. The first-order valence-corrected chi connectivity index (χ1v) is 5.73. The van der Waals surface area contributed by atoms with Gasteiger partial charge in [-0.05, 0) is 30.7 Å². The van der Waals surface area contributed by atoms with Crippen molar-refractivity contribution >= 4 is 17.6 Å². The van der Waals surface area contributed by atoms with Crippen molar-refractivity contribution in [2.75, 3.05) is 0 Å². The first-order valence-electron chi connectivity index (χ1n) is 4.85. The number of aromatic nitrogens is 1. The van der Waals surface area contributed by atoms with Crippen LogP contribution >= 0.6 is 11.3 Å². The molecule has 0 bridgehead atoms. The highest BCUT2D eigenvalue weighted by molar-refractivity contribution is 7.10. The second-order valence-corrected chi connectivity index (χ2v) is 4.40. The standard InChI is InChI=1S/C12H10FNOS/c1-8-6-9(2-3-10(8)13)11-7-16-12(14-11)4-5-15/h2-3,5-7H,4H2,1H3. The van der Waals surface area contributed by atoms with Crippen molar-refractivity contribution in [1.29, 1.82) is 0 Å². The van der Waals surface area contributed by atoms with Gasteiger partial charge in [0.15, 0.2) is 0 Å². The molecule has 0 aliphatic rings. The van der Waals surface area contributed by atoms with E-state index in [1.54, 1.807) is 19.1 Å². The van der Waals surface area contributed by atoms with Crippen molar-refractivity contribution in [3.63, 3.8) is 0 Å². The van der Waals surface area contributed by atoms with Gasteiger partial charge in [-0.3, -0.25) is 0 Å². The number of hydrogen-bond donors (Lipinski definition) is 0. The maximum Gasteiger partial charge on any atom is 0.126 e. The number of halogens is 1. The summed E-state index contributed by atoms with van der Waals surface area (Å²) in [7, 11) is 0. The second kappa shape index (κ2) is 4.53. The maximum atomic E-state index is 13.1. The van der Waals surface area contributed by atoms with E-state index in [1.807, 2.05) is 5.38 Å². The molecule has 0 unspecified atom stereocenters. The predicted octanol–water partition coefficient (Wildman–Crippen LogP) is 3.00. The smallest absolute Gasteiger partial charge is 0.126 e. The lowest BCUT2D eigenvalue weighted by molar-refractivity contribution is -0.107. The molecule has 16 heavy (non-hydrogen) atoms. The first kappa shape index (κ1) is 11.0. The van der Waals surface area contributed by atoms with Gasteiger partial charge in [0, 0.05) is 10.9 Å². The summed E-state index contributed by atoms with van der Waals surface area (Å²) in [6.45, 7) is 1.72. The van der Waals surface area contributed by atoms with E-state index in [4.69, 9.17) is 0 Å². The summed E-state index contributed by atoms with van der Waals surface area (Å²) in [5.74, 6) is -0.216. The van der Waals surface area contributed by atoms with Crippen molar-refractivity contribution in [2.45, 2.75) is 13.3 Å². The van der Waals surface area contributed by atoms with Gasteiger partial charge in [0.2, 0.25) is 0 Å². The van der Waals surface area contributed by atoms with Crippen molar-refractivity contribution in [3.05, 3.63) is 40.0 Å². The van der Waals surface area contributed by atoms with Gasteiger partial charge in [-0.15, -0.1) is 11.3 Å². The van der Waals surface area contributed by atoms with E-state index in [2.05, 4.69) is 4.98 Å². The molecule has 1 aromatic carbocycles. The third kappa shape index (κ3) is 2.17. The van der Waals surface area contributed by atoms with E-state index in [-0.39, 0.29) is 5.82 Å². The van der Waals surface area contributed by atoms with Crippen LogP contribution in [0, 0.1) is 12.7 Å². The molecular formula is C12H10FNOS. The van der Waals surface area contributed by atoms with E-state index in [0.717, 1.165) is 22.6 Å². The van der Waals surface area contributed by atoms with Crippen LogP contribution in [-0.4, -0.2) is 11.3 Å². The molecule has 0 saturated carbocycles. The Morgan fingerprint density at radius 3 is 3.00 bits per heavy atom. The highest BCUT2D eigenvalue weighted by Crippen LogP contribution is 2.23. The van der Waals surface area contributed by atoms with Crippen LogP contribution in [0.2, 0.25) is 0 Å². The van der Waals surface area contributed by atoms with E-state index in [9.17, 15) is 9.18 Å². The quantitative estimate of drug-likeness (QED) is 0.765. The molecule has 1 heterocycles. The van der Waals surface area contributed by atoms with E-state index in [1.165, 1.54) is 17.4 Å². The molecule has 0 spiro atoms. The van der Waals surface area contributed by atoms with Crippen LogP contribution in [0.1, 0.15) is 10.6 Å². The Morgan fingerprint density at radius 2 is 2.31 bits per heavy atom. The normalized spacial score (nSPS) is 10.4. The van der Waals surface area contributed by atoms with Crippen molar-refractivity contribution in [3.8, 4) is 11.3 Å². The number of carbonyl (C=O) groups excluding carboxylic acids is 1. The van der Waals surface area contributed by atoms with Gasteiger partial charge in [0.05, 0.1) is 12.1 Å². The lowest BCUT2D eigenvalue weighted by atomic mass is 10.1. The molecule has 1 aromatic heterocycles. The summed E-state index contributed by atoms with van der Waals surface area (Å²) < 4.78 is 13.1. The highest BCUT2D eigenvalue weighted by Gasteiger charge is 2.06. The molecule has 0 atom stereocenters. The van der Waals surface area contributed by atoms with Crippen LogP contribution in [0.15, 0.2) is 23.6 Å². The molecule has 2 nitrogen and oxygen atoms in total. The molecule has 0 fully saturated rings. The fourth-order valence-corrected chi connectivity index (χ4v) is 2.16. The molecular weight excluding hydrogens is 225 g/mol. The molecule has 0 aliphatic heterocycles. The molecule has 2 rings (SSSR count). The SMILES string of the molecule is Cc1cc(-c2csc(CC=O)n2)ccc1F. The molecule has 0 N–H and O–H groups in total. The average Bonchev–Trinajstić information content (AvgIpc) is 2.71. The second-order valence-electron chi connectivity index (χ2n) is 3.46. The third-order valence-corrected chi connectivity index (χ3v) is 3.13. The van der Waals surface area contributed by atoms with E-state index < -0.39 is 0 Å². The Kier molecular flexibility index (Phi) is 3.10. The average molecular weight is 235 g/mol. The Bertz CT molecular complexity index is 521. The third-order valence-electron chi connectivity index (χ3n) is 2.26. The topological polar surface area (TPSA) is 30.0 Å². The maximum absolute atomic E-state index is 13.1. The number of carbonyl (C=O) groups is 1. The summed E-state index contributed by atoms with van der Waals surface area (Å²) in [6, 6.07) is 4.89. The van der Waals surface area contributed by atoms with Crippen LogP contribution in [0.5, 0.6) is 0 Å². The Labute approximate surface area is 96.8 Å². The highest BCUT2D eigenvalue weighted by atomic mass is 32.1. The summed E-state index contributed by atoms with van der Waals surface area (Å²) >= 11 is 1.44. The number of benzene rings is 1. The summed E-state index contributed by atoms with van der Waals surface area (Å²) in [5.41, 5.74) is 2.28. The fraction of sp³-hybridized carbons (Fsp3) is 0.167. The van der Waals surface area contributed by atoms with Gasteiger partial charge in [-0.1, -0.05) is 0 Å². The van der Waals surface area contributed by atoms with Gasteiger partial charge in [0.1, 0.15) is 17.1 Å². The van der Waals surface area contributed by atoms with E-state index in [0.29, 0.717) is 12.0 Å². The van der Waals surface area contributed by atoms with Gasteiger partial charge >= 0.3 is 0 Å². The van der Waals surface area contributed by atoms with Crippen molar-refractivity contribution in [2.24, 2.45) is 0 Å². The number of aryl methyl sites for hydroxylation is 1. The molecule has 0 radical (unpaired) electrons. The van der Waals surface area contributed by atoms with Gasteiger partial charge in [-0.25, -0.2) is 9.37 Å². The minimum Gasteiger partial charge on any atom is -0.303 e. The molecule has 0 saturated heterocycles. The van der Waals surface area contributed by atoms with Crippen LogP contribution < -0.4 is 0 Å². The minimum absolute atomic E-state index is 0.216. The number of aldehydes is 1. The van der Waals surface area contributed by atoms with Crippen LogP contribution in [-0.2, 0) is 11.2 Å². The lowest BCUT2D eigenvalue weighted by Crippen LogP contribution is -1.86. The van der Waals surface area contributed by atoms with E-state index >= 15 is 0 Å². The number of rotatable bonds is 3. The van der Waals surface area contributed by atoms with Gasteiger partial charge in [0.25, 0.3) is 0 Å². The van der Waals surface area contributed by atoms with Crippen molar-refractivity contribution in [1.82, 2.24) is 4.98 Å².